The van der Waals surface area contributed by atoms with Crippen LogP contribution >= 0.6 is 11.8 Å². The Morgan fingerprint density at radius 2 is 1.94 bits per heavy atom. The molecule has 3 heterocycles. The molecule has 1 aliphatic heterocycles. The first-order chi connectivity index (χ1) is 16.0. The first kappa shape index (κ1) is 23.3. The van der Waals surface area contributed by atoms with Crippen molar-refractivity contribution in [2.75, 3.05) is 44.2 Å². The number of amides is 1. The minimum Gasteiger partial charge on any atom is -0.369 e. The largest absolute Gasteiger partial charge is 0.369 e. The zero-order valence-corrected chi connectivity index (χ0v) is 20.3. The molecule has 0 radical (unpaired) electrons. The Kier molecular flexibility index (Phi) is 7.67. The normalized spacial score (nSPS) is 14.5. The highest BCUT2D eigenvalue weighted by molar-refractivity contribution is 7.98. The molecule has 0 unspecified atom stereocenters. The van der Waals surface area contributed by atoms with Crippen LogP contribution in [0.4, 0.5) is 5.69 Å². The Balaban J connectivity index is 1.25. The Labute approximate surface area is 199 Å². The summed E-state index contributed by atoms with van der Waals surface area (Å²) in [6, 6.07) is 12.3. The number of carbonyl (C=O) groups is 1. The summed E-state index contributed by atoms with van der Waals surface area (Å²) >= 11 is 1.53. The molecule has 1 N–H and O–H groups in total. The standard InChI is InChI=1S/C25H31N5O2S/c1-18-6-4-7-21(16-18)30-14-12-29(13-15-30)11-10-26-24(31)22-8-5-9-27-25(22)33-17-23-19(2)28-32-20(23)3/h4-9,16H,10-15,17H2,1-3H3,(H,26,31). The molecule has 1 saturated heterocycles. The quantitative estimate of drug-likeness (QED) is 0.507. The summed E-state index contributed by atoms with van der Waals surface area (Å²) in [4.78, 5) is 22.1. The molecule has 8 heteroatoms. The van der Waals surface area contributed by atoms with Gasteiger partial charge in [0.1, 0.15) is 10.8 Å². The molecule has 0 atom stereocenters. The van der Waals surface area contributed by atoms with Crippen molar-refractivity contribution in [3.63, 3.8) is 0 Å². The molecular weight excluding hydrogens is 434 g/mol. The van der Waals surface area contributed by atoms with Crippen LogP contribution in [0.2, 0.25) is 0 Å². The molecule has 1 amide bonds. The van der Waals surface area contributed by atoms with E-state index < -0.39 is 0 Å². The Bertz CT molecular complexity index is 1070. The maximum atomic E-state index is 12.8. The summed E-state index contributed by atoms with van der Waals surface area (Å²) in [5.74, 6) is 1.40. The molecule has 2 aromatic heterocycles. The Hall–Kier alpha value is -2.84. The summed E-state index contributed by atoms with van der Waals surface area (Å²) in [6.45, 7) is 11.4. The predicted octanol–water partition coefficient (Wildman–Crippen LogP) is 3.84. The fourth-order valence-corrected chi connectivity index (χ4v) is 5.15. The molecule has 1 aliphatic rings. The number of benzene rings is 1. The first-order valence-electron chi connectivity index (χ1n) is 11.3. The molecule has 0 aliphatic carbocycles. The monoisotopic (exact) mass is 465 g/mol. The molecule has 1 fully saturated rings. The van der Waals surface area contributed by atoms with E-state index in [0.717, 1.165) is 54.8 Å². The van der Waals surface area contributed by atoms with E-state index in [0.29, 0.717) is 17.9 Å². The van der Waals surface area contributed by atoms with E-state index in [1.54, 1.807) is 12.3 Å². The van der Waals surface area contributed by atoms with Gasteiger partial charge in [-0.25, -0.2) is 4.98 Å². The van der Waals surface area contributed by atoms with Gasteiger partial charge >= 0.3 is 0 Å². The number of carbonyl (C=O) groups excluding carboxylic acids is 1. The number of aromatic nitrogens is 2. The van der Waals surface area contributed by atoms with Crippen LogP contribution in [0.1, 0.15) is 32.9 Å². The highest BCUT2D eigenvalue weighted by atomic mass is 32.2. The molecule has 0 bridgehead atoms. The molecule has 33 heavy (non-hydrogen) atoms. The van der Waals surface area contributed by atoms with Gasteiger partial charge in [0, 0.05) is 62.5 Å². The molecule has 4 rings (SSSR count). The SMILES string of the molecule is Cc1cccc(N2CCN(CCNC(=O)c3cccnc3SCc3c(C)noc3C)CC2)c1. The second-order valence-electron chi connectivity index (χ2n) is 8.37. The number of hydrogen-bond acceptors (Lipinski definition) is 7. The maximum Gasteiger partial charge on any atom is 0.254 e. The third-order valence-corrected chi connectivity index (χ3v) is 7.03. The van der Waals surface area contributed by atoms with Gasteiger partial charge in [-0.1, -0.05) is 17.3 Å². The van der Waals surface area contributed by atoms with E-state index in [9.17, 15) is 4.79 Å². The summed E-state index contributed by atoms with van der Waals surface area (Å²) in [5, 5.41) is 7.80. The third kappa shape index (κ3) is 5.94. The maximum absolute atomic E-state index is 12.8. The van der Waals surface area contributed by atoms with Crippen molar-refractivity contribution in [2.45, 2.75) is 31.6 Å². The number of piperazine rings is 1. The average Bonchev–Trinajstić information content (AvgIpc) is 3.15. The Morgan fingerprint density at radius 3 is 2.67 bits per heavy atom. The highest BCUT2D eigenvalue weighted by Crippen LogP contribution is 2.27. The van der Waals surface area contributed by atoms with Crippen LogP contribution in [0.5, 0.6) is 0 Å². The van der Waals surface area contributed by atoms with E-state index in [-0.39, 0.29) is 5.91 Å². The van der Waals surface area contributed by atoms with E-state index in [2.05, 4.69) is 56.4 Å². The van der Waals surface area contributed by atoms with Crippen LogP contribution in [-0.2, 0) is 5.75 Å². The molecule has 174 valence electrons. The molecular formula is C25H31N5O2S. The van der Waals surface area contributed by atoms with Gasteiger partial charge in [-0.3, -0.25) is 9.69 Å². The van der Waals surface area contributed by atoms with Gasteiger partial charge in [-0.05, 0) is 50.6 Å². The first-order valence-corrected chi connectivity index (χ1v) is 12.3. The van der Waals surface area contributed by atoms with Gasteiger partial charge < -0.3 is 14.7 Å². The van der Waals surface area contributed by atoms with Crippen molar-refractivity contribution in [2.24, 2.45) is 0 Å². The van der Waals surface area contributed by atoms with Gasteiger partial charge in [-0.2, -0.15) is 0 Å². The third-order valence-electron chi connectivity index (χ3n) is 6.00. The summed E-state index contributed by atoms with van der Waals surface area (Å²) in [7, 11) is 0. The van der Waals surface area contributed by atoms with Crippen molar-refractivity contribution >= 4 is 23.4 Å². The molecule has 1 aromatic carbocycles. The molecule has 7 nitrogen and oxygen atoms in total. The minimum atomic E-state index is -0.0808. The van der Waals surface area contributed by atoms with Gasteiger partial charge in [0.2, 0.25) is 0 Å². The number of hydrogen-bond donors (Lipinski definition) is 1. The molecule has 0 spiro atoms. The molecule has 3 aromatic rings. The Morgan fingerprint density at radius 1 is 1.12 bits per heavy atom. The van der Waals surface area contributed by atoms with E-state index in [4.69, 9.17) is 4.52 Å². The van der Waals surface area contributed by atoms with Crippen molar-refractivity contribution in [1.82, 2.24) is 20.4 Å². The smallest absolute Gasteiger partial charge is 0.254 e. The van der Waals surface area contributed by atoms with Crippen LogP contribution in [0.15, 0.2) is 52.1 Å². The lowest BCUT2D eigenvalue weighted by Crippen LogP contribution is -2.48. The number of aryl methyl sites for hydroxylation is 3. The van der Waals surface area contributed by atoms with Crippen LogP contribution in [0.3, 0.4) is 0 Å². The van der Waals surface area contributed by atoms with E-state index in [1.807, 2.05) is 19.9 Å². The van der Waals surface area contributed by atoms with Crippen LogP contribution < -0.4 is 10.2 Å². The fourth-order valence-electron chi connectivity index (χ4n) is 4.00. The predicted molar refractivity (Wildman–Crippen MR) is 132 cm³/mol. The summed E-state index contributed by atoms with van der Waals surface area (Å²) in [5.41, 5.74) is 5.13. The average molecular weight is 466 g/mol. The number of anilines is 1. The van der Waals surface area contributed by atoms with Crippen molar-refractivity contribution < 1.29 is 9.32 Å². The van der Waals surface area contributed by atoms with Crippen molar-refractivity contribution in [3.05, 3.63) is 70.7 Å². The second-order valence-corrected chi connectivity index (χ2v) is 9.34. The van der Waals surface area contributed by atoms with Crippen molar-refractivity contribution in [3.8, 4) is 0 Å². The lowest BCUT2D eigenvalue weighted by molar-refractivity contribution is 0.0944. The van der Waals surface area contributed by atoms with E-state index >= 15 is 0 Å². The highest BCUT2D eigenvalue weighted by Gasteiger charge is 2.18. The zero-order chi connectivity index (χ0) is 23.2. The number of rotatable bonds is 8. The van der Waals surface area contributed by atoms with Gasteiger partial charge in [0.25, 0.3) is 5.91 Å². The lowest BCUT2D eigenvalue weighted by atomic mass is 10.2. The zero-order valence-electron chi connectivity index (χ0n) is 19.5. The molecule has 0 saturated carbocycles. The van der Waals surface area contributed by atoms with Gasteiger partial charge in [0.15, 0.2) is 0 Å². The van der Waals surface area contributed by atoms with E-state index in [1.165, 1.54) is 23.0 Å². The number of thioether (sulfide) groups is 1. The number of pyridine rings is 1. The fraction of sp³-hybridized carbons (Fsp3) is 0.400. The van der Waals surface area contributed by atoms with Crippen LogP contribution in [-0.4, -0.2) is 60.2 Å². The lowest BCUT2D eigenvalue weighted by Gasteiger charge is -2.36. The van der Waals surface area contributed by atoms with Gasteiger partial charge in [-0.15, -0.1) is 11.8 Å². The summed E-state index contributed by atoms with van der Waals surface area (Å²) < 4.78 is 5.24. The summed E-state index contributed by atoms with van der Waals surface area (Å²) in [6.07, 6.45) is 1.72. The number of nitrogens with one attached hydrogen (secondary N) is 1. The second kappa shape index (κ2) is 10.9. The van der Waals surface area contributed by atoms with Gasteiger partial charge in [0.05, 0.1) is 11.3 Å². The topological polar surface area (TPSA) is 74.5 Å². The number of nitrogens with zero attached hydrogens (tertiary/aromatic N) is 4. The van der Waals surface area contributed by atoms with Crippen molar-refractivity contribution in [1.29, 1.82) is 0 Å². The van der Waals surface area contributed by atoms with Crippen LogP contribution in [0.25, 0.3) is 0 Å². The van der Waals surface area contributed by atoms with Crippen LogP contribution in [0, 0.1) is 20.8 Å². The minimum absolute atomic E-state index is 0.0808.